The Morgan fingerprint density at radius 1 is 0.462 bits per heavy atom. The first-order valence-corrected chi connectivity index (χ1v) is 14.4. The van der Waals surface area contributed by atoms with E-state index in [4.69, 9.17) is 0 Å². The van der Waals surface area contributed by atoms with E-state index < -0.39 is 0 Å². The quantitative estimate of drug-likeness (QED) is 0.207. The minimum atomic E-state index is 0.997. The molecule has 0 atom stereocenters. The molecule has 0 bridgehead atoms. The molecule has 1 heterocycles. The molecular formula is C38H32S. The Labute approximate surface area is 237 Å². The van der Waals surface area contributed by atoms with E-state index in [0.717, 1.165) is 44.8 Å². The zero-order valence-electron chi connectivity index (χ0n) is 23.1. The summed E-state index contributed by atoms with van der Waals surface area (Å²) in [6.45, 7) is 8.59. The number of benzene rings is 4. The zero-order valence-corrected chi connectivity index (χ0v) is 23.9. The standard InChI is InChI=1S/C38H32S/c1-5-29-11-15-31(16-12-29)19-25-35-36(26-20-32-17-13-30(6-2)14-18-32)38(34-23-9-28(4)10-24-34)39-37(35)33-21-7-27(3)8-22-33/h7-18,21-24H,5-6H2,1-4H3. The Hall–Kier alpha value is -4.30. The number of hydrogen-bond acceptors (Lipinski definition) is 1. The van der Waals surface area contributed by atoms with Crippen LogP contribution in [0.2, 0.25) is 0 Å². The van der Waals surface area contributed by atoms with Gasteiger partial charge in [-0.15, -0.1) is 11.3 Å². The van der Waals surface area contributed by atoms with Gasteiger partial charge in [-0.05, 0) is 73.2 Å². The first kappa shape index (κ1) is 26.3. The van der Waals surface area contributed by atoms with Crippen molar-refractivity contribution in [2.75, 3.05) is 0 Å². The van der Waals surface area contributed by atoms with Crippen molar-refractivity contribution >= 4 is 11.3 Å². The maximum Gasteiger partial charge on any atom is 0.0598 e. The van der Waals surface area contributed by atoms with Crippen LogP contribution in [-0.2, 0) is 12.8 Å². The van der Waals surface area contributed by atoms with E-state index in [1.165, 1.54) is 33.4 Å². The third kappa shape index (κ3) is 6.23. The van der Waals surface area contributed by atoms with Gasteiger partial charge in [0.25, 0.3) is 0 Å². The van der Waals surface area contributed by atoms with Gasteiger partial charge < -0.3 is 0 Å². The van der Waals surface area contributed by atoms with Gasteiger partial charge in [-0.1, -0.05) is 121 Å². The lowest BCUT2D eigenvalue weighted by molar-refractivity contribution is 1.14. The van der Waals surface area contributed by atoms with E-state index in [2.05, 4.69) is 148 Å². The van der Waals surface area contributed by atoms with Gasteiger partial charge in [0.15, 0.2) is 0 Å². The van der Waals surface area contributed by atoms with E-state index in [0.29, 0.717) is 0 Å². The van der Waals surface area contributed by atoms with Crippen LogP contribution in [0.1, 0.15) is 58.4 Å². The lowest BCUT2D eigenvalue weighted by atomic mass is 10.00. The lowest BCUT2D eigenvalue weighted by Crippen LogP contribution is -1.86. The van der Waals surface area contributed by atoms with Crippen LogP contribution in [-0.4, -0.2) is 0 Å². The van der Waals surface area contributed by atoms with Gasteiger partial charge in [0.2, 0.25) is 0 Å². The van der Waals surface area contributed by atoms with Crippen molar-refractivity contribution in [2.24, 2.45) is 0 Å². The molecule has 0 aliphatic rings. The van der Waals surface area contributed by atoms with E-state index in [1.807, 2.05) is 0 Å². The van der Waals surface area contributed by atoms with Gasteiger partial charge in [-0.25, -0.2) is 0 Å². The maximum atomic E-state index is 3.56. The summed E-state index contributed by atoms with van der Waals surface area (Å²) in [5.41, 5.74) is 11.5. The van der Waals surface area contributed by atoms with Crippen LogP contribution in [0.15, 0.2) is 97.1 Å². The minimum Gasteiger partial charge on any atom is -0.132 e. The molecule has 0 aliphatic carbocycles. The predicted octanol–water partition coefficient (Wildman–Crippen LogP) is 9.62. The van der Waals surface area contributed by atoms with Crippen molar-refractivity contribution in [1.82, 2.24) is 0 Å². The highest BCUT2D eigenvalue weighted by molar-refractivity contribution is 7.19. The summed E-state index contributed by atoms with van der Waals surface area (Å²) in [6, 6.07) is 34.6. The zero-order chi connectivity index (χ0) is 27.2. The van der Waals surface area contributed by atoms with Crippen LogP contribution >= 0.6 is 11.3 Å². The molecule has 0 aliphatic heterocycles. The van der Waals surface area contributed by atoms with Crippen LogP contribution < -0.4 is 0 Å². The lowest BCUT2D eigenvalue weighted by Gasteiger charge is -2.01. The highest BCUT2D eigenvalue weighted by Gasteiger charge is 2.19. The topological polar surface area (TPSA) is 0 Å². The molecule has 0 radical (unpaired) electrons. The van der Waals surface area contributed by atoms with Crippen molar-refractivity contribution < 1.29 is 0 Å². The van der Waals surface area contributed by atoms with Crippen LogP contribution in [0.3, 0.4) is 0 Å². The molecular weight excluding hydrogens is 488 g/mol. The molecule has 190 valence electrons. The monoisotopic (exact) mass is 520 g/mol. The van der Waals surface area contributed by atoms with E-state index in [1.54, 1.807) is 11.3 Å². The van der Waals surface area contributed by atoms with Gasteiger partial charge in [-0.3, -0.25) is 0 Å². The van der Waals surface area contributed by atoms with Crippen LogP contribution in [0.25, 0.3) is 20.9 Å². The highest BCUT2D eigenvalue weighted by Crippen LogP contribution is 2.42. The molecule has 0 spiro atoms. The van der Waals surface area contributed by atoms with Crippen molar-refractivity contribution in [3.05, 3.63) is 142 Å². The fourth-order valence-corrected chi connectivity index (χ4v) is 5.63. The van der Waals surface area contributed by atoms with Crippen molar-refractivity contribution in [3.8, 4) is 44.6 Å². The smallest absolute Gasteiger partial charge is 0.0598 e. The summed E-state index contributed by atoms with van der Waals surface area (Å²) in [5.74, 6) is 14.0. The summed E-state index contributed by atoms with van der Waals surface area (Å²) in [4.78, 5) is 2.32. The molecule has 5 aromatic rings. The normalized spacial score (nSPS) is 10.4. The van der Waals surface area contributed by atoms with E-state index >= 15 is 0 Å². The third-order valence-corrected chi connectivity index (χ3v) is 8.21. The Morgan fingerprint density at radius 3 is 1.15 bits per heavy atom. The first-order valence-electron chi connectivity index (χ1n) is 13.6. The summed E-state index contributed by atoms with van der Waals surface area (Å²) >= 11 is 1.78. The molecule has 39 heavy (non-hydrogen) atoms. The van der Waals surface area contributed by atoms with Crippen molar-refractivity contribution in [3.63, 3.8) is 0 Å². The molecule has 0 fully saturated rings. The molecule has 0 unspecified atom stereocenters. The maximum absolute atomic E-state index is 3.56. The summed E-state index contributed by atoms with van der Waals surface area (Å²) in [7, 11) is 0. The predicted molar refractivity (Wildman–Crippen MR) is 168 cm³/mol. The van der Waals surface area contributed by atoms with Gasteiger partial charge in [0.1, 0.15) is 0 Å². The Bertz CT molecular complexity index is 1560. The van der Waals surface area contributed by atoms with Gasteiger partial charge >= 0.3 is 0 Å². The van der Waals surface area contributed by atoms with Crippen LogP contribution in [0.5, 0.6) is 0 Å². The fraction of sp³-hybridized carbons (Fsp3) is 0.158. The molecule has 0 amide bonds. The Morgan fingerprint density at radius 2 is 0.821 bits per heavy atom. The number of rotatable bonds is 4. The van der Waals surface area contributed by atoms with Crippen molar-refractivity contribution in [1.29, 1.82) is 0 Å². The Kier molecular flexibility index (Phi) is 8.13. The summed E-state index contributed by atoms with van der Waals surface area (Å²) in [6.07, 6.45) is 2.05. The molecule has 0 saturated carbocycles. The van der Waals surface area contributed by atoms with Gasteiger partial charge in [0, 0.05) is 11.1 Å². The van der Waals surface area contributed by atoms with E-state index in [-0.39, 0.29) is 0 Å². The molecule has 0 saturated heterocycles. The average Bonchev–Trinajstić information content (AvgIpc) is 3.34. The average molecular weight is 521 g/mol. The molecule has 4 aromatic carbocycles. The molecule has 1 heteroatoms. The van der Waals surface area contributed by atoms with Crippen LogP contribution in [0, 0.1) is 37.5 Å². The second-order valence-electron chi connectivity index (χ2n) is 9.84. The Balaban J connectivity index is 1.72. The molecule has 1 aromatic heterocycles. The molecule has 5 rings (SSSR count). The highest BCUT2D eigenvalue weighted by atomic mass is 32.1. The second-order valence-corrected chi connectivity index (χ2v) is 10.9. The second kappa shape index (κ2) is 12.0. The number of thiophene rings is 1. The fourth-order valence-electron chi connectivity index (χ4n) is 4.40. The number of hydrogen-bond donors (Lipinski definition) is 0. The first-order chi connectivity index (χ1) is 19.0. The minimum absolute atomic E-state index is 0.997. The van der Waals surface area contributed by atoms with Gasteiger partial charge in [-0.2, -0.15) is 0 Å². The van der Waals surface area contributed by atoms with Crippen molar-refractivity contribution in [2.45, 2.75) is 40.5 Å². The summed E-state index contributed by atoms with van der Waals surface area (Å²) < 4.78 is 0. The summed E-state index contributed by atoms with van der Waals surface area (Å²) in [5, 5.41) is 0. The van der Waals surface area contributed by atoms with E-state index in [9.17, 15) is 0 Å². The molecule has 0 N–H and O–H groups in total. The van der Waals surface area contributed by atoms with Gasteiger partial charge in [0.05, 0.1) is 20.9 Å². The largest absolute Gasteiger partial charge is 0.132 e. The van der Waals surface area contributed by atoms with Crippen LogP contribution in [0.4, 0.5) is 0 Å². The third-order valence-electron chi connectivity index (χ3n) is 6.92. The SMILES string of the molecule is CCc1ccc(C#Cc2c(-c3ccc(C)cc3)sc(-c3ccc(C)cc3)c2C#Cc2ccc(CC)cc2)cc1. The molecule has 0 nitrogen and oxygen atoms in total. The number of aryl methyl sites for hydroxylation is 4.